The van der Waals surface area contributed by atoms with Crippen LogP contribution in [0.15, 0.2) is 24.5 Å². The van der Waals surface area contributed by atoms with E-state index in [0.29, 0.717) is 13.0 Å². The number of pyridine rings is 1. The maximum Gasteiger partial charge on any atom is 0.245 e. The highest BCUT2D eigenvalue weighted by Gasteiger charge is 2.36. The Bertz CT molecular complexity index is 461. The summed E-state index contributed by atoms with van der Waals surface area (Å²) in [6.45, 7) is 4.20. The van der Waals surface area contributed by atoms with E-state index in [1.165, 1.54) is 0 Å². The van der Waals surface area contributed by atoms with Crippen molar-refractivity contribution in [3.05, 3.63) is 30.1 Å². The number of aromatic nitrogens is 1. The molecule has 2 amide bonds. The largest absolute Gasteiger partial charge is 0.343 e. The minimum atomic E-state index is -0.427. The Morgan fingerprint density at radius 3 is 2.84 bits per heavy atom. The number of carbonyl (C=O) groups excluding carboxylic acids is 2. The molecule has 0 aliphatic carbocycles. The summed E-state index contributed by atoms with van der Waals surface area (Å²) in [5.74, 6) is -0.0591. The van der Waals surface area contributed by atoms with Gasteiger partial charge in [0, 0.05) is 18.9 Å². The van der Waals surface area contributed by atoms with E-state index in [4.69, 9.17) is 0 Å². The van der Waals surface area contributed by atoms with Crippen molar-refractivity contribution in [2.24, 2.45) is 0 Å². The van der Waals surface area contributed by atoms with Gasteiger partial charge in [-0.25, -0.2) is 0 Å². The van der Waals surface area contributed by atoms with Crippen molar-refractivity contribution < 1.29 is 9.59 Å². The van der Waals surface area contributed by atoms with Crippen molar-refractivity contribution in [2.45, 2.75) is 38.8 Å². The maximum absolute atomic E-state index is 12.2. The zero-order chi connectivity index (χ0) is 13.8. The van der Waals surface area contributed by atoms with Crippen LogP contribution in [-0.4, -0.2) is 40.3 Å². The summed E-state index contributed by atoms with van der Waals surface area (Å²) in [7, 11) is 0. The molecule has 102 valence electrons. The molecule has 1 aromatic heterocycles. The molecule has 1 aliphatic heterocycles. The van der Waals surface area contributed by atoms with Gasteiger partial charge < -0.3 is 10.2 Å². The molecule has 1 saturated heterocycles. The van der Waals surface area contributed by atoms with Crippen molar-refractivity contribution in [1.82, 2.24) is 15.2 Å². The highest BCUT2D eigenvalue weighted by molar-refractivity contribution is 5.96. The second-order valence-electron chi connectivity index (χ2n) is 4.80. The fraction of sp³-hybridized carbons (Fsp3) is 0.500. The number of nitrogens with zero attached hydrogens (tertiary/aromatic N) is 2. The summed E-state index contributed by atoms with van der Waals surface area (Å²) >= 11 is 0. The van der Waals surface area contributed by atoms with Crippen LogP contribution >= 0.6 is 0 Å². The van der Waals surface area contributed by atoms with E-state index in [1.54, 1.807) is 24.2 Å². The highest BCUT2D eigenvalue weighted by atomic mass is 16.2. The number of amides is 2. The van der Waals surface area contributed by atoms with Crippen molar-refractivity contribution in [2.75, 3.05) is 6.54 Å². The van der Waals surface area contributed by atoms with Gasteiger partial charge in [-0.05, 0) is 31.4 Å². The normalized spacial score (nSPS) is 23.4. The molecule has 0 spiro atoms. The van der Waals surface area contributed by atoms with E-state index in [-0.39, 0.29) is 17.9 Å². The quantitative estimate of drug-likeness (QED) is 0.870. The summed E-state index contributed by atoms with van der Waals surface area (Å²) in [4.78, 5) is 29.8. The molecular formula is C14H19N3O2. The lowest BCUT2D eigenvalue weighted by Gasteiger charge is -2.37. The molecule has 19 heavy (non-hydrogen) atoms. The smallest absolute Gasteiger partial charge is 0.245 e. The van der Waals surface area contributed by atoms with E-state index in [2.05, 4.69) is 10.3 Å². The van der Waals surface area contributed by atoms with Gasteiger partial charge in [0.25, 0.3) is 0 Å². The third kappa shape index (κ3) is 2.92. The van der Waals surface area contributed by atoms with Gasteiger partial charge in [0.05, 0.1) is 0 Å². The number of hydrogen-bond acceptors (Lipinski definition) is 3. The molecule has 5 heteroatoms. The van der Waals surface area contributed by atoms with Crippen LogP contribution in [0, 0.1) is 0 Å². The number of hydrogen-bond donors (Lipinski definition) is 1. The molecule has 2 atom stereocenters. The van der Waals surface area contributed by atoms with Gasteiger partial charge in [0.15, 0.2) is 0 Å². The summed E-state index contributed by atoms with van der Waals surface area (Å²) in [6, 6.07) is 3.08. The monoisotopic (exact) mass is 261 g/mol. The molecule has 1 fully saturated rings. The number of rotatable bonds is 4. The zero-order valence-electron chi connectivity index (χ0n) is 11.3. The van der Waals surface area contributed by atoms with E-state index in [9.17, 15) is 9.59 Å². The lowest BCUT2D eigenvalue weighted by molar-refractivity contribution is -0.148. The Morgan fingerprint density at radius 1 is 1.42 bits per heavy atom. The molecule has 1 N–H and O–H groups in total. The van der Waals surface area contributed by atoms with Gasteiger partial charge in [-0.3, -0.25) is 14.6 Å². The maximum atomic E-state index is 12.2. The van der Waals surface area contributed by atoms with Crippen LogP contribution in [0.5, 0.6) is 0 Å². The first-order valence-electron chi connectivity index (χ1n) is 6.63. The first-order chi connectivity index (χ1) is 9.13. The summed E-state index contributed by atoms with van der Waals surface area (Å²) in [5.41, 5.74) is 1.07. The molecule has 1 aliphatic rings. The summed E-state index contributed by atoms with van der Waals surface area (Å²) in [5, 5.41) is 2.72. The predicted molar refractivity (Wildman–Crippen MR) is 71.3 cm³/mol. The molecule has 5 nitrogen and oxygen atoms in total. The van der Waals surface area contributed by atoms with Crippen LogP contribution in [0.2, 0.25) is 0 Å². The van der Waals surface area contributed by atoms with Crippen LogP contribution in [0.4, 0.5) is 0 Å². The van der Waals surface area contributed by atoms with Crippen molar-refractivity contribution in [3.63, 3.8) is 0 Å². The fourth-order valence-electron chi connectivity index (χ4n) is 2.38. The van der Waals surface area contributed by atoms with Crippen LogP contribution in [-0.2, 0) is 16.0 Å². The van der Waals surface area contributed by atoms with Crippen LogP contribution < -0.4 is 5.32 Å². The Labute approximate surface area is 113 Å². The van der Waals surface area contributed by atoms with Gasteiger partial charge in [-0.2, -0.15) is 0 Å². The van der Waals surface area contributed by atoms with Crippen molar-refractivity contribution in [1.29, 1.82) is 0 Å². The Kier molecular flexibility index (Phi) is 4.14. The van der Waals surface area contributed by atoms with Gasteiger partial charge in [-0.1, -0.05) is 13.0 Å². The van der Waals surface area contributed by atoms with Gasteiger partial charge in [0.2, 0.25) is 11.8 Å². The summed E-state index contributed by atoms with van der Waals surface area (Å²) < 4.78 is 0. The van der Waals surface area contributed by atoms with Gasteiger partial charge in [0.1, 0.15) is 12.1 Å². The third-order valence-electron chi connectivity index (χ3n) is 3.44. The molecule has 2 rings (SSSR count). The average molecular weight is 261 g/mol. The first kappa shape index (κ1) is 13.5. The van der Waals surface area contributed by atoms with E-state index in [0.717, 1.165) is 12.0 Å². The number of carbonyl (C=O) groups is 2. The lowest BCUT2D eigenvalue weighted by Crippen LogP contribution is -2.62. The number of piperazine rings is 1. The molecule has 1 aromatic rings. The molecular weight excluding hydrogens is 242 g/mol. The van der Waals surface area contributed by atoms with Crippen molar-refractivity contribution in [3.8, 4) is 0 Å². The van der Waals surface area contributed by atoms with Crippen molar-refractivity contribution >= 4 is 11.8 Å². The zero-order valence-corrected chi connectivity index (χ0v) is 11.3. The first-order valence-corrected chi connectivity index (χ1v) is 6.63. The average Bonchev–Trinajstić information content (AvgIpc) is 2.42. The second-order valence-corrected chi connectivity index (χ2v) is 4.80. The summed E-state index contributed by atoms with van der Waals surface area (Å²) in [6.07, 6.45) is 4.87. The minimum Gasteiger partial charge on any atom is -0.343 e. The molecule has 2 heterocycles. The lowest BCUT2D eigenvalue weighted by atomic mass is 10.0. The Hall–Kier alpha value is -1.91. The third-order valence-corrected chi connectivity index (χ3v) is 3.44. The van der Waals surface area contributed by atoms with Gasteiger partial charge in [-0.15, -0.1) is 0 Å². The van der Waals surface area contributed by atoms with E-state index in [1.807, 2.05) is 19.1 Å². The van der Waals surface area contributed by atoms with E-state index < -0.39 is 6.04 Å². The number of nitrogens with one attached hydrogen (secondary N) is 1. The second kappa shape index (κ2) is 5.82. The topological polar surface area (TPSA) is 62.3 Å². The van der Waals surface area contributed by atoms with Gasteiger partial charge >= 0.3 is 0 Å². The fourth-order valence-corrected chi connectivity index (χ4v) is 2.38. The van der Waals surface area contributed by atoms with E-state index >= 15 is 0 Å². The molecule has 0 saturated carbocycles. The minimum absolute atomic E-state index is 0.00431. The van der Waals surface area contributed by atoms with Crippen LogP contribution in [0.25, 0.3) is 0 Å². The standard InChI is InChI=1S/C14H19N3O2/c1-3-12-13(18)16-10(2)14(19)17(12)8-6-11-5-4-7-15-9-11/h4-5,7,9-10,12H,3,6,8H2,1-2H3,(H,16,18). The Balaban J connectivity index is 2.07. The molecule has 0 bridgehead atoms. The Morgan fingerprint density at radius 2 is 2.21 bits per heavy atom. The SMILES string of the molecule is CCC1C(=O)NC(C)C(=O)N1CCc1cccnc1. The van der Waals surface area contributed by atoms with Crippen LogP contribution in [0.1, 0.15) is 25.8 Å². The molecule has 0 aromatic carbocycles. The molecule has 0 radical (unpaired) electrons. The molecule has 2 unspecified atom stereocenters. The highest BCUT2D eigenvalue weighted by Crippen LogP contribution is 2.14. The van der Waals surface area contributed by atoms with Crippen LogP contribution in [0.3, 0.4) is 0 Å². The predicted octanol–water partition coefficient (Wildman–Crippen LogP) is 0.750.